The second-order valence-electron chi connectivity index (χ2n) is 8.38. The van der Waals surface area contributed by atoms with E-state index in [2.05, 4.69) is 15.3 Å². The van der Waals surface area contributed by atoms with Crippen molar-refractivity contribution in [1.29, 1.82) is 0 Å². The fourth-order valence-electron chi connectivity index (χ4n) is 3.87. The van der Waals surface area contributed by atoms with Crippen LogP contribution in [0.4, 0.5) is 24.7 Å². The van der Waals surface area contributed by atoms with E-state index in [4.69, 9.17) is 19.9 Å². The Balaban J connectivity index is 1.62. The molecule has 1 fully saturated rings. The van der Waals surface area contributed by atoms with Crippen molar-refractivity contribution in [1.82, 2.24) is 9.97 Å². The van der Waals surface area contributed by atoms with E-state index in [0.717, 1.165) is 25.0 Å². The lowest BCUT2D eigenvalue weighted by atomic mass is 10.1. The SMILES string of the molecule is COc1cc2nc(C)nc(NCc3cc(N)cc(C(F)(F)F)c3)c2cc1OCC(OC)C1CC1. The highest BCUT2D eigenvalue weighted by atomic mass is 19.4. The first-order valence-electron chi connectivity index (χ1n) is 10.9. The Morgan fingerprint density at radius 3 is 2.50 bits per heavy atom. The Morgan fingerprint density at radius 2 is 1.85 bits per heavy atom. The van der Waals surface area contributed by atoms with Gasteiger partial charge in [0.1, 0.15) is 18.2 Å². The number of alkyl halides is 3. The molecule has 10 heteroatoms. The standard InChI is InChI=1S/C24H27F3N4O3/c1-13-30-19-10-20(32-2)21(34-12-22(33-3)15-4-5-15)9-18(19)23(31-13)29-11-14-6-16(24(25,26)27)8-17(28)7-14/h6-10,15,22H,4-5,11-12,28H2,1-3H3,(H,29,30,31). The molecule has 3 N–H and O–H groups in total. The molecule has 1 saturated carbocycles. The van der Waals surface area contributed by atoms with Crippen LogP contribution in [0.5, 0.6) is 11.5 Å². The molecule has 182 valence electrons. The van der Waals surface area contributed by atoms with Crippen LogP contribution in [0.15, 0.2) is 30.3 Å². The quantitative estimate of drug-likeness (QED) is 0.422. The van der Waals surface area contributed by atoms with E-state index >= 15 is 0 Å². The third kappa shape index (κ3) is 5.44. The van der Waals surface area contributed by atoms with Crippen molar-refractivity contribution in [2.45, 2.75) is 38.6 Å². The molecule has 0 saturated heterocycles. The summed E-state index contributed by atoms with van der Waals surface area (Å²) in [7, 11) is 3.22. The number of nitrogens with one attached hydrogen (secondary N) is 1. The average Bonchev–Trinajstić information content (AvgIpc) is 3.62. The van der Waals surface area contributed by atoms with Crippen LogP contribution in [-0.4, -0.2) is 36.9 Å². The van der Waals surface area contributed by atoms with Crippen molar-refractivity contribution < 1.29 is 27.4 Å². The highest BCUT2D eigenvalue weighted by Gasteiger charge is 2.32. The second-order valence-corrected chi connectivity index (χ2v) is 8.38. The van der Waals surface area contributed by atoms with E-state index < -0.39 is 11.7 Å². The largest absolute Gasteiger partial charge is 0.493 e. The number of aryl methyl sites for hydroxylation is 1. The van der Waals surface area contributed by atoms with E-state index in [1.54, 1.807) is 33.3 Å². The van der Waals surface area contributed by atoms with Crippen molar-refractivity contribution >= 4 is 22.4 Å². The molecule has 0 amide bonds. The number of halogens is 3. The summed E-state index contributed by atoms with van der Waals surface area (Å²) in [5, 5.41) is 3.78. The van der Waals surface area contributed by atoms with Crippen molar-refractivity contribution in [3.63, 3.8) is 0 Å². The summed E-state index contributed by atoms with van der Waals surface area (Å²) < 4.78 is 56.6. The number of rotatable bonds is 9. The van der Waals surface area contributed by atoms with E-state index in [9.17, 15) is 13.2 Å². The third-order valence-corrected chi connectivity index (χ3v) is 5.75. The number of anilines is 2. The zero-order chi connectivity index (χ0) is 24.5. The number of nitrogens with zero attached hydrogens (tertiary/aromatic N) is 2. The minimum atomic E-state index is -4.48. The molecule has 3 aromatic rings. The molecule has 34 heavy (non-hydrogen) atoms. The lowest BCUT2D eigenvalue weighted by molar-refractivity contribution is -0.137. The summed E-state index contributed by atoms with van der Waals surface area (Å²) in [4.78, 5) is 8.93. The van der Waals surface area contributed by atoms with Gasteiger partial charge < -0.3 is 25.3 Å². The Kier molecular flexibility index (Phi) is 6.70. The molecule has 7 nitrogen and oxygen atoms in total. The van der Waals surface area contributed by atoms with Crippen molar-refractivity contribution in [3.8, 4) is 11.5 Å². The molecule has 0 bridgehead atoms. The van der Waals surface area contributed by atoms with Gasteiger partial charge in [0.25, 0.3) is 0 Å². The van der Waals surface area contributed by atoms with Gasteiger partial charge in [-0.2, -0.15) is 13.2 Å². The Morgan fingerprint density at radius 1 is 1.09 bits per heavy atom. The summed E-state index contributed by atoms with van der Waals surface area (Å²) in [5.41, 5.74) is 5.94. The van der Waals surface area contributed by atoms with Gasteiger partial charge in [-0.3, -0.25) is 0 Å². The van der Waals surface area contributed by atoms with E-state index in [0.29, 0.717) is 52.1 Å². The lowest BCUT2D eigenvalue weighted by Gasteiger charge is -2.18. The molecule has 4 rings (SSSR count). The van der Waals surface area contributed by atoms with Crippen LogP contribution < -0.4 is 20.5 Å². The number of nitrogen functional groups attached to an aromatic ring is 1. The Bertz CT molecular complexity index is 1180. The summed E-state index contributed by atoms with van der Waals surface area (Å²) in [6, 6.07) is 7.01. The fraction of sp³-hybridized carbons (Fsp3) is 0.417. The second kappa shape index (κ2) is 9.54. The number of hydrogen-bond donors (Lipinski definition) is 2. The first kappa shape index (κ1) is 23.9. The van der Waals surface area contributed by atoms with Crippen LogP contribution in [0, 0.1) is 12.8 Å². The molecule has 0 spiro atoms. The maximum absolute atomic E-state index is 13.2. The molecular weight excluding hydrogens is 449 g/mol. The number of benzene rings is 2. The number of fused-ring (bicyclic) bond motifs is 1. The molecule has 1 atom stereocenters. The maximum atomic E-state index is 13.2. The van der Waals surface area contributed by atoms with Gasteiger partial charge in [0, 0.05) is 30.8 Å². The molecule has 2 aromatic carbocycles. The Hall–Kier alpha value is -3.27. The fourth-order valence-corrected chi connectivity index (χ4v) is 3.87. The van der Waals surface area contributed by atoms with Crippen LogP contribution in [0.1, 0.15) is 29.8 Å². The maximum Gasteiger partial charge on any atom is 0.416 e. The van der Waals surface area contributed by atoms with Crippen LogP contribution in [0.3, 0.4) is 0 Å². The van der Waals surface area contributed by atoms with Gasteiger partial charge >= 0.3 is 6.18 Å². The summed E-state index contributed by atoms with van der Waals surface area (Å²) in [6.45, 7) is 2.21. The topological polar surface area (TPSA) is 91.5 Å². The van der Waals surface area contributed by atoms with E-state index in [-0.39, 0.29) is 18.3 Å². The Labute approximate surface area is 195 Å². The van der Waals surface area contributed by atoms with E-state index in [1.165, 1.54) is 6.07 Å². The molecule has 0 radical (unpaired) electrons. The molecule has 1 heterocycles. The number of nitrogens with two attached hydrogens (primary N) is 1. The first-order chi connectivity index (χ1) is 16.2. The molecule has 1 aromatic heterocycles. The summed E-state index contributed by atoms with van der Waals surface area (Å²) in [5.74, 6) is 2.50. The minimum absolute atomic E-state index is 0.00126. The molecular formula is C24H27F3N4O3. The number of methoxy groups -OCH3 is 2. The van der Waals surface area contributed by atoms with E-state index in [1.807, 2.05) is 0 Å². The predicted octanol–water partition coefficient (Wildman–Crippen LogP) is 4.96. The zero-order valence-corrected chi connectivity index (χ0v) is 19.2. The van der Waals surface area contributed by atoms with Crippen molar-refractivity contribution in [2.24, 2.45) is 5.92 Å². The highest BCUT2D eigenvalue weighted by molar-refractivity contribution is 5.91. The monoisotopic (exact) mass is 476 g/mol. The van der Waals surface area contributed by atoms with Crippen LogP contribution in [0.25, 0.3) is 10.9 Å². The summed E-state index contributed by atoms with van der Waals surface area (Å²) in [6.07, 6.45) is -2.24. The van der Waals surface area contributed by atoms with Crippen LogP contribution in [-0.2, 0) is 17.5 Å². The highest BCUT2D eigenvalue weighted by Crippen LogP contribution is 2.37. The molecule has 1 unspecified atom stereocenters. The summed E-state index contributed by atoms with van der Waals surface area (Å²) >= 11 is 0. The smallest absolute Gasteiger partial charge is 0.416 e. The average molecular weight is 476 g/mol. The first-order valence-corrected chi connectivity index (χ1v) is 10.9. The molecule has 0 aliphatic heterocycles. The van der Waals surface area contributed by atoms with Crippen LogP contribution >= 0.6 is 0 Å². The van der Waals surface area contributed by atoms with Gasteiger partial charge in [0.15, 0.2) is 11.5 Å². The minimum Gasteiger partial charge on any atom is -0.493 e. The number of hydrogen-bond acceptors (Lipinski definition) is 7. The van der Waals surface area contributed by atoms with Crippen molar-refractivity contribution in [2.75, 3.05) is 31.9 Å². The van der Waals surface area contributed by atoms with Gasteiger partial charge in [-0.05, 0) is 55.5 Å². The zero-order valence-electron chi connectivity index (χ0n) is 19.2. The van der Waals surface area contributed by atoms with Gasteiger partial charge in [0.05, 0.1) is 24.3 Å². The predicted molar refractivity (Wildman–Crippen MR) is 123 cm³/mol. The van der Waals surface area contributed by atoms with Gasteiger partial charge in [-0.1, -0.05) is 0 Å². The normalized spacial score (nSPS) is 14.8. The lowest BCUT2D eigenvalue weighted by Crippen LogP contribution is -2.22. The third-order valence-electron chi connectivity index (χ3n) is 5.75. The van der Waals surface area contributed by atoms with Gasteiger partial charge in [-0.25, -0.2) is 9.97 Å². The molecule has 1 aliphatic carbocycles. The van der Waals surface area contributed by atoms with Crippen LogP contribution in [0.2, 0.25) is 0 Å². The molecule has 1 aliphatic rings. The van der Waals surface area contributed by atoms with Gasteiger partial charge in [0.2, 0.25) is 0 Å². The van der Waals surface area contributed by atoms with Gasteiger partial charge in [-0.15, -0.1) is 0 Å². The number of ether oxygens (including phenoxy) is 3. The number of aromatic nitrogens is 2. The van der Waals surface area contributed by atoms with Crippen molar-refractivity contribution in [3.05, 3.63) is 47.3 Å².